The first-order valence-electron chi connectivity index (χ1n) is 11.2. The van der Waals surface area contributed by atoms with Gasteiger partial charge in [0.15, 0.2) is 6.61 Å². The number of ether oxygens (including phenoxy) is 1. The summed E-state index contributed by atoms with van der Waals surface area (Å²) < 4.78 is 42.5. The number of amides is 3. The Balaban J connectivity index is 1.75. The average Bonchev–Trinajstić information content (AvgIpc) is 2.88. The zero-order chi connectivity index (χ0) is 28.6. The van der Waals surface area contributed by atoms with E-state index in [0.717, 1.165) is 12.1 Å². The molecule has 9 nitrogen and oxygen atoms in total. The molecule has 4 N–H and O–H groups in total. The molecule has 3 aromatic carbocycles. The Bertz CT molecular complexity index is 1350. The number of carboxylic acid groups (broad SMARTS) is 1. The van der Waals surface area contributed by atoms with Crippen molar-refractivity contribution in [2.75, 3.05) is 17.2 Å². The fraction of sp³-hybridized carbons (Fsp3) is 0.154. The fourth-order valence-corrected chi connectivity index (χ4v) is 3.44. The Morgan fingerprint density at radius 1 is 0.897 bits per heavy atom. The summed E-state index contributed by atoms with van der Waals surface area (Å²) >= 11 is 5.88. The quantitative estimate of drug-likeness (QED) is 0.287. The van der Waals surface area contributed by atoms with Crippen LogP contribution in [0, 0.1) is 0 Å². The molecule has 0 heterocycles. The van der Waals surface area contributed by atoms with Crippen LogP contribution >= 0.6 is 11.6 Å². The monoisotopic (exact) mass is 563 g/mol. The molecule has 0 saturated carbocycles. The van der Waals surface area contributed by atoms with Gasteiger partial charge >= 0.3 is 24.0 Å². The number of halogens is 4. The summed E-state index contributed by atoms with van der Waals surface area (Å²) in [5, 5.41) is 16.1. The molecule has 0 aliphatic rings. The highest BCUT2D eigenvalue weighted by Gasteiger charge is 2.30. The van der Waals surface area contributed by atoms with Crippen LogP contribution in [0.5, 0.6) is 5.75 Å². The van der Waals surface area contributed by atoms with E-state index in [4.69, 9.17) is 21.4 Å². The van der Waals surface area contributed by atoms with E-state index in [1.807, 2.05) is 0 Å². The maximum absolute atomic E-state index is 13.0. The van der Waals surface area contributed by atoms with Gasteiger partial charge in [0.25, 0.3) is 0 Å². The van der Waals surface area contributed by atoms with Crippen LogP contribution in [0.15, 0.2) is 72.8 Å². The number of hydrogen-bond acceptors (Lipinski definition) is 5. The average molecular weight is 564 g/mol. The first kappa shape index (κ1) is 29.0. The Hall–Kier alpha value is -4.58. The molecule has 0 spiro atoms. The number of aromatic carboxylic acids is 1. The van der Waals surface area contributed by atoms with Gasteiger partial charge < -0.3 is 25.8 Å². The molecule has 3 aromatic rings. The van der Waals surface area contributed by atoms with Crippen molar-refractivity contribution in [1.82, 2.24) is 5.32 Å². The fourth-order valence-electron chi connectivity index (χ4n) is 3.27. The predicted octanol–water partition coefficient (Wildman–Crippen LogP) is 4.28. The molecule has 204 valence electrons. The number of carbonyl (C=O) groups is 4. The van der Waals surface area contributed by atoms with E-state index < -0.39 is 42.5 Å². The number of benzene rings is 3. The number of nitrogens with one attached hydrogen (secondary N) is 3. The molecule has 1 unspecified atom stereocenters. The van der Waals surface area contributed by atoms with Crippen LogP contribution < -0.4 is 20.7 Å². The Morgan fingerprint density at radius 3 is 2.18 bits per heavy atom. The summed E-state index contributed by atoms with van der Waals surface area (Å²) in [5.74, 6) is -4.78. The molecule has 0 aliphatic heterocycles. The van der Waals surface area contributed by atoms with Crippen molar-refractivity contribution in [2.45, 2.75) is 18.6 Å². The Morgan fingerprint density at radius 2 is 1.56 bits per heavy atom. The van der Waals surface area contributed by atoms with E-state index in [1.54, 1.807) is 30.3 Å². The molecule has 0 saturated heterocycles. The molecule has 0 aromatic heterocycles. The lowest BCUT2D eigenvalue weighted by atomic mass is 10.0. The van der Waals surface area contributed by atoms with Crippen molar-refractivity contribution in [2.24, 2.45) is 0 Å². The van der Waals surface area contributed by atoms with Gasteiger partial charge in [0, 0.05) is 17.1 Å². The molecule has 39 heavy (non-hydrogen) atoms. The highest BCUT2D eigenvalue weighted by atomic mass is 35.5. The molecule has 3 amide bonds. The van der Waals surface area contributed by atoms with Crippen LogP contribution in [-0.4, -0.2) is 47.6 Å². The van der Waals surface area contributed by atoms with Crippen molar-refractivity contribution in [3.63, 3.8) is 0 Å². The van der Waals surface area contributed by atoms with Crippen LogP contribution in [0.1, 0.15) is 15.9 Å². The summed E-state index contributed by atoms with van der Waals surface area (Å²) in [5.41, 5.74) is 0.609. The zero-order valence-electron chi connectivity index (χ0n) is 19.9. The first-order chi connectivity index (χ1) is 18.4. The van der Waals surface area contributed by atoms with E-state index in [1.165, 1.54) is 30.3 Å². The summed E-state index contributed by atoms with van der Waals surface area (Å²) in [4.78, 5) is 49.4. The van der Waals surface area contributed by atoms with E-state index in [9.17, 15) is 32.3 Å². The molecule has 1 atom stereocenters. The topological polar surface area (TPSA) is 134 Å². The van der Waals surface area contributed by atoms with Gasteiger partial charge in [-0.05, 0) is 48.0 Å². The van der Waals surface area contributed by atoms with Crippen LogP contribution in [0.2, 0.25) is 5.02 Å². The predicted molar refractivity (Wildman–Crippen MR) is 136 cm³/mol. The van der Waals surface area contributed by atoms with Crippen LogP contribution in [0.3, 0.4) is 0 Å². The Labute approximate surface area is 224 Å². The summed E-state index contributed by atoms with van der Waals surface area (Å²) in [6.07, 6.45) is -4.67. The lowest BCUT2D eigenvalue weighted by molar-refractivity contribution is -0.153. The number of alkyl halides is 3. The van der Waals surface area contributed by atoms with E-state index in [-0.39, 0.29) is 34.1 Å². The van der Waals surface area contributed by atoms with E-state index >= 15 is 0 Å². The molecule has 0 aliphatic carbocycles. The zero-order valence-corrected chi connectivity index (χ0v) is 20.7. The molecular formula is C26H21ClF3N3O6. The standard InChI is InChI=1S/C26H21ClF3N3O6/c27-17-8-11-21(39-14-26(28,29)30)19(13-17)32-23(35)24(36)33-20(12-15-4-2-1-3-5-15)22(34)31-18-9-6-16(7-10-18)25(37)38/h1-11,13,20H,12,14H2,(H,31,34)(H,32,35)(H,33,36)(H,37,38). The van der Waals surface area contributed by atoms with E-state index in [2.05, 4.69) is 16.0 Å². The van der Waals surface area contributed by atoms with Gasteiger partial charge in [0.05, 0.1) is 11.3 Å². The minimum atomic E-state index is -4.65. The van der Waals surface area contributed by atoms with Crippen molar-refractivity contribution in [1.29, 1.82) is 0 Å². The van der Waals surface area contributed by atoms with Gasteiger partial charge in [-0.2, -0.15) is 13.2 Å². The number of carboxylic acids is 1. The third-order valence-electron chi connectivity index (χ3n) is 5.09. The normalized spacial score (nSPS) is 11.7. The lowest BCUT2D eigenvalue weighted by Crippen LogP contribution is -2.48. The van der Waals surface area contributed by atoms with Gasteiger partial charge in [-0.15, -0.1) is 0 Å². The SMILES string of the molecule is O=C(Nc1cc(Cl)ccc1OCC(F)(F)F)C(=O)NC(Cc1ccccc1)C(=O)Nc1ccc(C(=O)O)cc1. The number of hydrogen-bond donors (Lipinski definition) is 4. The highest BCUT2D eigenvalue weighted by Crippen LogP contribution is 2.29. The molecule has 0 bridgehead atoms. The smallest absolute Gasteiger partial charge is 0.422 e. The van der Waals surface area contributed by atoms with Crippen molar-refractivity contribution in [3.8, 4) is 5.75 Å². The molecule has 13 heteroatoms. The van der Waals surface area contributed by atoms with Crippen LogP contribution in [0.4, 0.5) is 24.5 Å². The first-order valence-corrected chi connectivity index (χ1v) is 11.6. The maximum Gasteiger partial charge on any atom is 0.422 e. The molecule has 3 rings (SSSR count). The number of rotatable bonds is 9. The summed E-state index contributed by atoms with van der Waals surface area (Å²) in [6.45, 7) is -1.64. The van der Waals surface area contributed by atoms with Crippen molar-refractivity contribution < 1.29 is 42.2 Å². The van der Waals surface area contributed by atoms with Gasteiger partial charge in [-0.1, -0.05) is 41.9 Å². The van der Waals surface area contributed by atoms with Gasteiger partial charge in [0.1, 0.15) is 11.8 Å². The molecule has 0 radical (unpaired) electrons. The van der Waals surface area contributed by atoms with Gasteiger partial charge in [-0.25, -0.2) is 4.79 Å². The van der Waals surface area contributed by atoms with Gasteiger partial charge in [0.2, 0.25) is 5.91 Å². The minimum Gasteiger partial charge on any atom is -0.482 e. The van der Waals surface area contributed by atoms with E-state index in [0.29, 0.717) is 5.56 Å². The number of carbonyl (C=O) groups excluding carboxylic acids is 3. The lowest BCUT2D eigenvalue weighted by Gasteiger charge is -2.19. The van der Waals surface area contributed by atoms with Crippen molar-refractivity contribution >= 4 is 46.7 Å². The molecular weight excluding hydrogens is 543 g/mol. The third-order valence-corrected chi connectivity index (χ3v) is 5.33. The summed E-state index contributed by atoms with van der Waals surface area (Å²) in [7, 11) is 0. The second-order valence-corrected chi connectivity index (χ2v) is 8.52. The van der Waals surface area contributed by atoms with Crippen LogP contribution in [0.25, 0.3) is 0 Å². The van der Waals surface area contributed by atoms with Gasteiger partial charge in [-0.3, -0.25) is 14.4 Å². The third kappa shape index (κ3) is 9.04. The minimum absolute atomic E-state index is 0.00148. The number of anilines is 2. The largest absolute Gasteiger partial charge is 0.482 e. The highest BCUT2D eigenvalue weighted by molar-refractivity contribution is 6.40. The molecule has 0 fully saturated rings. The Kier molecular flexibility index (Phi) is 9.50. The maximum atomic E-state index is 13.0. The van der Waals surface area contributed by atoms with Crippen LogP contribution in [-0.2, 0) is 20.8 Å². The summed E-state index contributed by atoms with van der Waals surface area (Å²) in [6, 6.07) is 16.0. The van der Waals surface area contributed by atoms with Crippen molar-refractivity contribution in [3.05, 3.63) is 88.9 Å². The second kappa shape index (κ2) is 12.8. The second-order valence-electron chi connectivity index (χ2n) is 8.09.